The maximum absolute atomic E-state index is 13.8. The Kier molecular flexibility index (Phi) is 6.14. The summed E-state index contributed by atoms with van der Waals surface area (Å²) in [5.74, 6) is -0.528. The van der Waals surface area contributed by atoms with Gasteiger partial charge in [0.05, 0.1) is 5.56 Å². The van der Waals surface area contributed by atoms with E-state index in [0.29, 0.717) is 18.8 Å². The first-order valence-corrected chi connectivity index (χ1v) is 10.6. The standard InChI is InChI=1S/C24H20F2N2OS/c25-18-7-5-6-17(14-18)16-30-23-15-28(22-11-4-2-9-20(22)23)13-12-27-24(29)19-8-1-3-10-21(19)26/h1-11,14-15H,12-13,16H2,(H,27,29). The molecule has 0 saturated carbocycles. The Labute approximate surface area is 177 Å². The molecule has 0 spiro atoms. The lowest BCUT2D eigenvalue weighted by atomic mass is 10.2. The molecule has 3 nitrogen and oxygen atoms in total. The van der Waals surface area contributed by atoms with Crippen LogP contribution in [0.1, 0.15) is 15.9 Å². The molecule has 0 bridgehead atoms. The van der Waals surface area contributed by atoms with Gasteiger partial charge in [0.25, 0.3) is 5.91 Å². The van der Waals surface area contributed by atoms with Crippen molar-refractivity contribution in [2.24, 2.45) is 0 Å². The van der Waals surface area contributed by atoms with Crippen molar-refractivity contribution >= 4 is 28.6 Å². The summed E-state index contributed by atoms with van der Waals surface area (Å²) >= 11 is 1.65. The highest BCUT2D eigenvalue weighted by molar-refractivity contribution is 7.98. The highest BCUT2D eigenvalue weighted by Crippen LogP contribution is 2.32. The van der Waals surface area contributed by atoms with Gasteiger partial charge in [0, 0.05) is 40.8 Å². The van der Waals surface area contributed by atoms with Gasteiger partial charge in [0.1, 0.15) is 11.6 Å². The first-order chi connectivity index (χ1) is 14.6. The van der Waals surface area contributed by atoms with Crippen LogP contribution in [-0.4, -0.2) is 17.0 Å². The first kappa shape index (κ1) is 20.2. The quantitative estimate of drug-likeness (QED) is 0.391. The fourth-order valence-corrected chi connectivity index (χ4v) is 4.36. The highest BCUT2D eigenvalue weighted by Gasteiger charge is 2.12. The molecule has 0 aliphatic carbocycles. The number of halogens is 2. The van der Waals surface area contributed by atoms with E-state index in [1.807, 2.05) is 30.5 Å². The molecule has 0 aliphatic rings. The molecule has 0 atom stereocenters. The van der Waals surface area contributed by atoms with Crippen molar-refractivity contribution in [1.82, 2.24) is 9.88 Å². The molecule has 0 fully saturated rings. The SMILES string of the molecule is O=C(NCCn1cc(SCc2cccc(F)c2)c2ccccc21)c1ccccc1F. The summed E-state index contributed by atoms with van der Waals surface area (Å²) in [6, 6.07) is 20.6. The molecule has 4 rings (SSSR count). The molecule has 0 saturated heterocycles. The van der Waals surface area contributed by atoms with Crippen LogP contribution in [0.15, 0.2) is 83.9 Å². The lowest BCUT2D eigenvalue weighted by Crippen LogP contribution is -2.27. The smallest absolute Gasteiger partial charge is 0.254 e. The van der Waals surface area contributed by atoms with Gasteiger partial charge in [-0.3, -0.25) is 4.79 Å². The fraction of sp³-hybridized carbons (Fsp3) is 0.125. The van der Waals surface area contributed by atoms with Gasteiger partial charge in [-0.15, -0.1) is 11.8 Å². The van der Waals surface area contributed by atoms with Crippen molar-refractivity contribution in [2.75, 3.05) is 6.54 Å². The zero-order valence-electron chi connectivity index (χ0n) is 16.1. The summed E-state index contributed by atoms with van der Waals surface area (Å²) in [5, 5.41) is 3.89. The molecule has 1 amide bonds. The van der Waals surface area contributed by atoms with Gasteiger partial charge < -0.3 is 9.88 Å². The lowest BCUT2D eigenvalue weighted by Gasteiger charge is -2.08. The van der Waals surface area contributed by atoms with Crippen LogP contribution in [0.4, 0.5) is 8.78 Å². The number of benzene rings is 3. The summed E-state index contributed by atoms with van der Waals surface area (Å²) in [6.07, 6.45) is 2.05. The fourth-order valence-electron chi connectivity index (χ4n) is 3.33. The van der Waals surface area contributed by atoms with Gasteiger partial charge >= 0.3 is 0 Å². The van der Waals surface area contributed by atoms with E-state index in [-0.39, 0.29) is 11.4 Å². The zero-order valence-corrected chi connectivity index (χ0v) is 17.0. The minimum atomic E-state index is -0.530. The van der Waals surface area contributed by atoms with Crippen LogP contribution in [-0.2, 0) is 12.3 Å². The Balaban J connectivity index is 1.45. The number of hydrogen-bond acceptors (Lipinski definition) is 2. The number of amides is 1. The van der Waals surface area contributed by atoms with Crippen molar-refractivity contribution in [1.29, 1.82) is 0 Å². The van der Waals surface area contributed by atoms with E-state index in [1.165, 1.54) is 18.2 Å². The number of thioether (sulfide) groups is 1. The lowest BCUT2D eigenvalue weighted by molar-refractivity contribution is 0.0948. The maximum atomic E-state index is 13.8. The monoisotopic (exact) mass is 422 g/mol. The predicted molar refractivity (Wildman–Crippen MR) is 117 cm³/mol. The Hall–Kier alpha value is -3.12. The van der Waals surface area contributed by atoms with Crippen LogP contribution in [0, 0.1) is 11.6 Å². The van der Waals surface area contributed by atoms with Crippen molar-refractivity contribution in [3.05, 3.63) is 102 Å². The van der Waals surface area contributed by atoms with Crippen LogP contribution in [0.2, 0.25) is 0 Å². The number of hydrogen-bond donors (Lipinski definition) is 1. The number of carbonyl (C=O) groups excluding carboxylic acids is 1. The number of para-hydroxylation sites is 1. The molecule has 0 radical (unpaired) electrons. The Morgan fingerprint density at radius 3 is 2.60 bits per heavy atom. The van der Waals surface area contributed by atoms with Crippen molar-refractivity contribution < 1.29 is 13.6 Å². The summed E-state index contributed by atoms with van der Waals surface area (Å²) in [4.78, 5) is 13.3. The molecule has 1 N–H and O–H groups in total. The third-order valence-corrected chi connectivity index (χ3v) is 5.91. The summed E-state index contributed by atoms with van der Waals surface area (Å²) in [6.45, 7) is 0.932. The van der Waals surface area contributed by atoms with Gasteiger partial charge in [0.15, 0.2) is 0 Å². The van der Waals surface area contributed by atoms with Gasteiger partial charge in [-0.1, -0.05) is 42.5 Å². The molecule has 0 aliphatic heterocycles. The van der Waals surface area contributed by atoms with E-state index in [1.54, 1.807) is 36.0 Å². The predicted octanol–water partition coefficient (Wildman–Crippen LogP) is 5.64. The molecular formula is C24H20F2N2OS. The molecule has 30 heavy (non-hydrogen) atoms. The van der Waals surface area contributed by atoms with Crippen LogP contribution in [0.5, 0.6) is 0 Å². The van der Waals surface area contributed by atoms with E-state index < -0.39 is 11.7 Å². The van der Waals surface area contributed by atoms with Crippen molar-refractivity contribution in [3.63, 3.8) is 0 Å². The second-order valence-corrected chi connectivity index (χ2v) is 7.88. The van der Waals surface area contributed by atoms with Gasteiger partial charge in [-0.2, -0.15) is 0 Å². The third kappa shape index (κ3) is 4.54. The Morgan fingerprint density at radius 2 is 1.77 bits per heavy atom. The summed E-state index contributed by atoms with van der Waals surface area (Å²) in [7, 11) is 0. The number of rotatable bonds is 7. The van der Waals surface area contributed by atoms with Crippen LogP contribution >= 0.6 is 11.8 Å². The summed E-state index contributed by atoms with van der Waals surface area (Å²) < 4.78 is 29.3. The van der Waals surface area contributed by atoms with Crippen molar-refractivity contribution in [3.8, 4) is 0 Å². The minimum absolute atomic E-state index is 0.0428. The Morgan fingerprint density at radius 1 is 0.967 bits per heavy atom. The van der Waals surface area contributed by atoms with Gasteiger partial charge in [0.2, 0.25) is 0 Å². The van der Waals surface area contributed by atoms with E-state index in [0.717, 1.165) is 21.4 Å². The average Bonchev–Trinajstić information content (AvgIpc) is 3.10. The third-order valence-electron chi connectivity index (χ3n) is 4.79. The molecular weight excluding hydrogens is 402 g/mol. The number of fused-ring (bicyclic) bond motifs is 1. The Bertz CT molecular complexity index is 1190. The van der Waals surface area contributed by atoms with Gasteiger partial charge in [-0.25, -0.2) is 8.78 Å². The molecule has 152 valence electrons. The largest absolute Gasteiger partial charge is 0.350 e. The highest BCUT2D eigenvalue weighted by atomic mass is 32.2. The minimum Gasteiger partial charge on any atom is -0.350 e. The second kappa shape index (κ2) is 9.13. The first-order valence-electron chi connectivity index (χ1n) is 9.59. The van der Waals surface area contributed by atoms with Crippen LogP contribution in [0.3, 0.4) is 0 Å². The van der Waals surface area contributed by atoms with Crippen LogP contribution in [0.25, 0.3) is 10.9 Å². The number of aromatic nitrogens is 1. The average molecular weight is 423 g/mol. The zero-order chi connectivity index (χ0) is 20.9. The molecule has 3 aromatic carbocycles. The van der Waals surface area contributed by atoms with Crippen LogP contribution < -0.4 is 5.32 Å². The number of carbonyl (C=O) groups is 1. The molecule has 1 aromatic heterocycles. The topological polar surface area (TPSA) is 34.0 Å². The number of nitrogens with one attached hydrogen (secondary N) is 1. The summed E-state index contributed by atoms with van der Waals surface area (Å²) in [5.41, 5.74) is 2.02. The second-order valence-electron chi connectivity index (χ2n) is 6.86. The molecule has 1 heterocycles. The number of nitrogens with zero attached hydrogens (tertiary/aromatic N) is 1. The molecule has 0 unspecified atom stereocenters. The van der Waals surface area contributed by atoms with E-state index in [2.05, 4.69) is 16.0 Å². The molecule has 6 heteroatoms. The normalized spacial score (nSPS) is 11.0. The van der Waals surface area contributed by atoms with E-state index >= 15 is 0 Å². The van der Waals surface area contributed by atoms with Crippen molar-refractivity contribution in [2.45, 2.75) is 17.2 Å². The van der Waals surface area contributed by atoms with E-state index in [4.69, 9.17) is 0 Å². The maximum Gasteiger partial charge on any atom is 0.254 e. The van der Waals surface area contributed by atoms with E-state index in [9.17, 15) is 13.6 Å². The van der Waals surface area contributed by atoms with Gasteiger partial charge in [-0.05, 0) is 35.9 Å². The molecule has 4 aromatic rings.